The zero-order valence-corrected chi connectivity index (χ0v) is 10.5. The van der Waals surface area contributed by atoms with Gasteiger partial charge in [0.05, 0.1) is 0 Å². The van der Waals surface area contributed by atoms with Gasteiger partial charge in [-0.3, -0.25) is 0 Å². The molecule has 7 saturated carbocycles. The average Bonchev–Trinajstić information content (AvgIpc) is 3.08. The Morgan fingerprint density at radius 2 is 0.529 bits per heavy atom. The van der Waals surface area contributed by atoms with Crippen molar-refractivity contribution in [2.45, 2.75) is 32.1 Å². The summed E-state index contributed by atoms with van der Waals surface area (Å²) in [5, 5.41) is 0. The summed E-state index contributed by atoms with van der Waals surface area (Å²) in [5.74, 6) is 15.1. The van der Waals surface area contributed by atoms with Crippen LogP contribution in [0.5, 0.6) is 0 Å². The van der Waals surface area contributed by atoms with Crippen LogP contribution in [-0.2, 0) is 0 Å². The van der Waals surface area contributed by atoms with E-state index in [1.54, 1.807) is 32.1 Å². The predicted molar refractivity (Wildman–Crippen MR) is 65.0 cm³/mol. The van der Waals surface area contributed by atoms with Crippen molar-refractivity contribution in [1.82, 2.24) is 0 Å². The molecule has 7 rings (SSSR count). The molecule has 12 unspecified atom stereocenters. The lowest BCUT2D eigenvalue weighted by Gasteiger charge is -2.33. The number of rotatable bonds is 0. The fourth-order valence-electron chi connectivity index (χ4n) is 8.96. The van der Waals surface area contributed by atoms with E-state index in [0.717, 1.165) is 0 Å². The number of hydrogen-bond donors (Lipinski definition) is 0. The topological polar surface area (TPSA) is 0 Å². The molecule has 0 nitrogen and oxygen atoms in total. The molecule has 4 bridgehead atoms. The van der Waals surface area contributed by atoms with Crippen LogP contribution in [0.3, 0.4) is 0 Å². The molecule has 0 spiro atoms. The van der Waals surface area contributed by atoms with Gasteiger partial charge in [-0.1, -0.05) is 0 Å². The second-order valence-corrected chi connectivity index (χ2v) is 8.97. The van der Waals surface area contributed by atoms with Crippen LogP contribution in [0.15, 0.2) is 0 Å². The first kappa shape index (κ1) is 8.23. The zero-order chi connectivity index (χ0) is 10.5. The van der Waals surface area contributed by atoms with Gasteiger partial charge in [0.25, 0.3) is 0 Å². The van der Waals surface area contributed by atoms with Gasteiger partial charge in [-0.15, -0.1) is 0 Å². The van der Waals surface area contributed by atoms with Crippen LogP contribution < -0.4 is 0 Å². The van der Waals surface area contributed by atoms with Gasteiger partial charge in [-0.25, -0.2) is 0 Å². The van der Waals surface area contributed by atoms with Crippen molar-refractivity contribution in [3.05, 3.63) is 0 Å². The SMILES string of the molecule is C1C2C1C1CC2C2CC3C4CC(C5CC54)C3C12. The maximum absolute atomic E-state index is 1.71. The molecule has 0 aromatic heterocycles. The van der Waals surface area contributed by atoms with Crippen molar-refractivity contribution >= 4 is 0 Å². The summed E-state index contributed by atoms with van der Waals surface area (Å²) >= 11 is 0. The smallest absolute Gasteiger partial charge is 0.0318 e. The minimum absolute atomic E-state index is 1.25. The summed E-state index contributed by atoms with van der Waals surface area (Å²) in [4.78, 5) is 0. The molecule has 7 aliphatic carbocycles. The molecule has 7 aliphatic rings. The van der Waals surface area contributed by atoms with Crippen molar-refractivity contribution in [1.29, 1.82) is 0 Å². The molecule has 0 N–H and O–H groups in total. The summed E-state index contributed by atoms with van der Waals surface area (Å²) in [5.41, 5.74) is 0. The van der Waals surface area contributed by atoms with Gasteiger partial charge in [-0.2, -0.15) is 0 Å². The largest absolute Gasteiger partial charge is 0.0465 e. The molecule has 0 heterocycles. The average molecular weight is 226 g/mol. The first-order valence-corrected chi connectivity index (χ1v) is 8.42. The Bertz CT molecular complexity index is 399. The predicted octanol–water partition coefficient (Wildman–Crippen LogP) is 3.43. The normalized spacial score (nSPS) is 83.3. The lowest BCUT2D eigenvalue weighted by molar-refractivity contribution is 0.140. The highest BCUT2D eigenvalue weighted by Gasteiger charge is 2.75. The molecule has 17 heavy (non-hydrogen) atoms. The second kappa shape index (κ2) is 2.14. The maximum Gasteiger partial charge on any atom is -0.0318 e. The van der Waals surface area contributed by atoms with Crippen LogP contribution in [-0.4, -0.2) is 0 Å². The first-order chi connectivity index (χ1) is 8.42. The Morgan fingerprint density at radius 3 is 0.941 bits per heavy atom. The van der Waals surface area contributed by atoms with Crippen molar-refractivity contribution < 1.29 is 0 Å². The van der Waals surface area contributed by atoms with Crippen LogP contribution in [0, 0.1) is 71.0 Å². The van der Waals surface area contributed by atoms with E-state index in [2.05, 4.69) is 0 Å². The molecular weight excluding hydrogens is 204 g/mol. The van der Waals surface area contributed by atoms with Gasteiger partial charge in [0.1, 0.15) is 0 Å². The highest BCUT2D eigenvalue weighted by molar-refractivity contribution is 5.23. The summed E-state index contributed by atoms with van der Waals surface area (Å²) < 4.78 is 0. The molecule has 0 aliphatic heterocycles. The van der Waals surface area contributed by atoms with Crippen LogP contribution in [0.2, 0.25) is 0 Å². The van der Waals surface area contributed by atoms with E-state index < -0.39 is 0 Å². The Hall–Kier alpha value is 0. The van der Waals surface area contributed by atoms with Gasteiger partial charge in [0.2, 0.25) is 0 Å². The highest BCUT2D eigenvalue weighted by Crippen LogP contribution is 2.81. The van der Waals surface area contributed by atoms with E-state index in [-0.39, 0.29) is 0 Å². The summed E-state index contributed by atoms with van der Waals surface area (Å²) in [6.45, 7) is 0. The van der Waals surface area contributed by atoms with Gasteiger partial charge in [0, 0.05) is 0 Å². The molecule has 0 heteroatoms. The lowest BCUT2D eigenvalue weighted by Crippen LogP contribution is -2.29. The first-order valence-electron chi connectivity index (χ1n) is 8.42. The van der Waals surface area contributed by atoms with Crippen molar-refractivity contribution in [2.24, 2.45) is 71.0 Å². The Balaban J connectivity index is 1.37. The molecule has 0 amide bonds. The van der Waals surface area contributed by atoms with E-state index >= 15 is 0 Å². The van der Waals surface area contributed by atoms with E-state index in [4.69, 9.17) is 0 Å². The number of hydrogen-bond acceptors (Lipinski definition) is 0. The third-order valence-corrected chi connectivity index (χ3v) is 9.14. The van der Waals surface area contributed by atoms with Crippen LogP contribution in [0.25, 0.3) is 0 Å². The van der Waals surface area contributed by atoms with E-state index in [1.807, 2.05) is 0 Å². The lowest BCUT2D eigenvalue weighted by atomic mass is 9.72. The van der Waals surface area contributed by atoms with Gasteiger partial charge >= 0.3 is 0 Å². The van der Waals surface area contributed by atoms with E-state index in [1.165, 1.54) is 71.0 Å². The Labute approximate surface area is 104 Å². The third-order valence-electron chi connectivity index (χ3n) is 9.14. The van der Waals surface area contributed by atoms with Crippen molar-refractivity contribution in [3.8, 4) is 0 Å². The Morgan fingerprint density at radius 1 is 0.294 bits per heavy atom. The van der Waals surface area contributed by atoms with Crippen LogP contribution in [0.1, 0.15) is 32.1 Å². The summed E-state index contributed by atoms with van der Waals surface area (Å²) in [6.07, 6.45) is 8.43. The standard InChI is InChI=1S/C17H22/c1-6-8(1)12-3-10(6)14-5-15-11-4-13(9-2-7(9)11)17(15)16(12)14/h6-17H,1-5H2. The zero-order valence-electron chi connectivity index (χ0n) is 10.5. The van der Waals surface area contributed by atoms with Gasteiger partial charge < -0.3 is 0 Å². The number of fused-ring (bicyclic) bond motifs is 17. The highest BCUT2D eigenvalue weighted by atomic mass is 14.8. The van der Waals surface area contributed by atoms with E-state index in [0.29, 0.717) is 0 Å². The molecule has 90 valence electrons. The molecule has 12 atom stereocenters. The summed E-state index contributed by atoms with van der Waals surface area (Å²) in [7, 11) is 0. The van der Waals surface area contributed by atoms with E-state index in [9.17, 15) is 0 Å². The molecule has 0 aromatic rings. The van der Waals surface area contributed by atoms with Crippen LogP contribution >= 0.6 is 0 Å². The quantitative estimate of drug-likeness (QED) is 0.593. The Kier molecular flexibility index (Phi) is 1.04. The minimum atomic E-state index is 1.25. The van der Waals surface area contributed by atoms with Gasteiger partial charge in [-0.05, 0) is 103 Å². The van der Waals surface area contributed by atoms with Crippen molar-refractivity contribution in [2.75, 3.05) is 0 Å². The second-order valence-electron chi connectivity index (χ2n) is 8.97. The third kappa shape index (κ3) is 0.678. The molecular formula is C17H22. The maximum atomic E-state index is 1.71. The molecule has 0 radical (unpaired) electrons. The molecule has 7 fully saturated rings. The fraction of sp³-hybridized carbons (Fsp3) is 1.00. The van der Waals surface area contributed by atoms with Crippen LogP contribution in [0.4, 0.5) is 0 Å². The molecule has 0 saturated heterocycles. The fourth-order valence-corrected chi connectivity index (χ4v) is 8.96. The molecule has 0 aromatic carbocycles. The van der Waals surface area contributed by atoms with Gasteiger partial charge in [0.15, 0.2) is 0 Å². The monoisotopic (exact) mass is 226 g/mol. The minimum Gasteiger partial charge on any atom is -0.0465 e. The van der Waals surface area contributed by atoms with Crippen molar-refractivity contribution in [3.63, 3.8) is 0 Å². The summed E-state index contributed by atoms with van der Waals surface area (Å²) in [6, 6.07) is 0.